The van der Waals surface area contributed by atoms with Crippen molar-refractivity contribution in [3.8, 4) is 17.3 Å². The number of pyridine rings is 1. The maximum Gasteiger partial charge on any atom is 0.407 e. The Kier molecular flexibility index (Phi) is 7.13. The Morgan fingerprint density at radius 2 is 1.89 bits per heavy atom. The van der Waals surface area contributed by atoms with Crippen LogP contribution in [-0.4, -0.2) is 76.4 Å². The zero-order valence-corrected chi connectivity index (χ0v) is 21.8. The lowest BCUT2D eigenvalue weighted by atomic mass is 9.82. The minimum absolute atomic E-state index is 0.0185. The number of H-pyrrole nitrogens is 1. The Morgan fingerprint density at radius 3 is 2.66 bits per heavy atom. The van der Waals surface area contributed by atoms with Crippen LogP contribution in [0.2, 0.25) is 5.02 Å². The van der Waals surface area contributed by atoms with Gasteiger partial charge in [0.25, 0.3) is 6.01 Å². The first kappa shape index (κ1) is 25.4. The van der Waals surface area contributed by atoms with Crippen molar-refractivity contribution >= 4 is 28.9 Å². The minimum atomic E-state index is -0.637. The second-order valence-electron chi connectivity index (χ2n) is 10.1. The highest BCUT2D eigenvalue weighted by molar-refractivity contribution is 6.33. The molecule has 2 aromatic heterocycles. The summed E-state index contributed by atoms with van der Waals surface area (Å²) in [4.78, 5) is 24.0. The molecule has 4 heterocycles. The lowest BCUT2D eigenvalue weighted by Gasteiger charge is -2.28. The number of hydrogen-bond donors (Lipinski definition) is 3. The molecule has 3 aliphatic rings. The van der Waals surface area contributed by atoms with E-state index >= 15 is 0 Å². The third kappa shape index (κ3) is 5.05. The van der Waals surface area contributed by atoms with Crippen LogP contribution >= 0.6 is 11.6 Å². The molecule has 1 aromatic carbocycles. The van der Waals surface area contributed by atoms with Gasteiger partial charge < -0.3 is 29.4 Å². The van der Waals surface area contributed by atoms with Gasteiger partial charge in [0.2, 0.25) is 0 Å². The van der Waals surface area contributed by atoms with Gasteiger partial charge in [0, 0.05) is 12.1 Å². The number of rotatable bonds is 6. The largest absolute Gasteiger partial charge is 0.456 e. The number of benzene rings is 1. The van der Waals surface area contributed by atoms with E-state index in [1.54, 1.807) is 6.07 Å². The Bertz CT molecular complexity index is 1290. The molecule has 0 radical (unpaired) electrons. The van der Waals surface area contributed by atoms with Crippen LogP contribution in [0.3, 0.4) is 0 Å². The van der Waals surface area contributed by atoms with Gasteiger partial charge in [-0.25, -0.2) is 9.78 Å². The monoisotopic (exact) mass is 542 g/mol. The third-order valence-corrected chi connectivity index (χ3v) is 7.86. The molecule has 4 atom stereocenters. The molecule has 3 aromatic rings. The van der Waals surface area contributed by atoms with Gasteiger partial charge in [0.15, 0.2) is 11.8 Å². The number of aliphatic hydroxyl groups is 1. The van der Waals surface area contributed by atoms with E-state index in [2.05, 4.69) is 27.4 Å². The van der Waals surface area contributed by atoms with Gasteiger partial charge in [0.1, 0.15) is 29.9 Å². The summed E-state index contributed by atoms with van der Waals surface area (Å²) in [5.74, 6) is 0.431. The molecule has 3 fully saturated rings. The number of nitrogens with zero attached hydrogens (tertiary/aromatic N) is 2. The summed E-state index contributed by atoms with van der Waals surface area (Å²) in [6, 6.07) is 10.4. The number of carbonyl (C=O) groups is 1. The molecule has 10 nitrogen and oxygen atoms in total. The van der Waals surface area contributed by atoms with Gasteiger partial charge >= 0.3 is 6.09 Å². The summed E-state index contributed by atoms with van der Waals surface area (Å²) < 4.78 is 22.7. The smallest absolute Gasteiger partial charge is 0.407 e. The van der Waals surface area contributed by atoms with E-state index in [0.29, 0.717) is 47.0 Å². The first-order valence-corrected chi connectivity index (χ1v) is 13.5. The molecule has 2 saturated heterocycles. The molecule has 3 N–H and O–H groups in total. The summed E-state index contributed by atoms with van der Waals surface area (Å²) in [6.45, 7) is 3.00. The van der Waals surface area contributed by atoms with E-state index in [0.717, 1.165) is 31.2 Å². The number of nitrogens with one attached hydrogen (secondary N) is 2. The zero-order valence-electron chi connectivity index (χ0n) is 21.1. The van der Waals surface area contributed by atoms with Gasteiger partial charge in [0.05, 0.1) is 23.9 Å². The van der Waals surface area contributed by atoms with E-state index in [9.17, 15) is 9.90 Å². The molecule has 38 heavy (non-hydrogen) atoms. The molecular weight excluding hydrogens is 512 g/mol. The van der Waals surface area contributed by atoms with Gasteiger partial charge in [-0.2, -0.15) is 4.98 Å². The van der Waals surface area contributed by atoms with E-state index < -0.39 is 6.10 Å². The summed E-state index contributed by atoms with van der Waals surface area (Å²) in [7, 11) is 0. The van der Waals surface area contributed by atoms with Crippen LogP contribution in [-0.2, 0) is 14.2 Å². The van der Waals surface area contributed by atoms with E-state index in [1.165, 1.54) is 5.56 Å². The molecular formula is C27H31ClN4O6. The molecule has 11 heteroatoms. The van der Waals surface area contributed by atoms with Crippen molar-refractivity contribution in [3.63, 3.8) is 0 Å². The Balaban J connectivity index is 1.12. The lowest BCUT2D eigenvalue weighted by Crippen LogP contribution is -2.34. The predicted molar refractivity (Wildman–Crippen MR) is 139 cm³/mol. The van der Waals surface area contributed by atoms with Crippen molar-refractivity contribution in [2.75, 3.05) is 19.8 Å². The Hall–Kier alpha value is -2.92. The van der Waals surface area contributed by atoms with Crippen LogP contribution in [0.25, 0.3) is 22.4 Å². The normalized spacial score (nSPS) is 28.8. The van der Waals surface area contributed by atoms with E-state index in [1.807, 2.05) is 19.1 Å². The van der Waals surface area contributed by atoms with E-state index in [4.69, 9.17) is 35.5 Å². The first-order chi connectivity index (χ1) is 18.5. The summed E-state index contributed by atoms with van der Waals surface area (Å²) >= 11 is 6.60. The second kappa shape index (κ2) is 10.7. The summed E-state index contributed by atoms with van der Waals surface area (Å²) in [5, 5.41) is 13.1. The first-order valence-electron chi connectivity index (χ1n) is 13.2. The van der Waals surface area contributed by atoms with E-state index in [-0.39, 0.29) is 37.1 Å². The number of halogens is 1. The molecule has 2 aliphatic heterocycles. The number of ether oxygens (including phenoxy) is 4. The fraction of sp³-hybridized carbons (Fsp3) is 0.519. The number of fused-ring (bicyclic) bond motifs is 2. The van der Waals surface area contributed by atoms with Crippen molar-refractivity contribution in [2.45, 2.75) is 69.0 Å². The molecule has 1 aliphatic carbocycles. The number of aromatic amines is 1. The second-order valence-corrected chi connectivity index (χ2v) is 10.5. The number of alkyl carbamates (subject to hydrolysis) is 1. The van der Waals surface area contributed by atoms with Crippen molar-refractivity contribution in [1.82, 2.24) is 20.3 Å². The number of imidazole rings is 1. The Morgan fingerprint density at radius 1 is 1.13 bits per heavy atom. The van der Waals surface area contributed by atoms with Gasteiger partial charge in [-0.15, -0.1) is 0 Å². The number of aliphatic hydroxyl groups excluding tert-OH is 1. The fourth-order valence-corrected chi connectivity index (χ4v) is 5.86. The van der Waals surface area contributed by atoms with Crippen LogP contribution in [0.1, 0.15) is 44.1 Å². The summed E-state index contributed by atoms with van der Waals surface area (Å²) in [6.07, 6.45) is 1.62. The zero-order chi connectivity index (χ0) is 26.2. The summed E-state index contributed by atoms with van der Waals surface area (Å²) in [5.41, 5.74) is 3.99. The van der Waals surface area contributed by atoms with Crippen molar-refractivity contribution in [1.29, 1.82) is 0 Å². The maximum absolute atomic E-state index is 11.7. The predicted octanol–water partition coefficient (Wildman–Crippen LogP) is 3.96. The molecule has 202 valence electrons. The van der Waals surface area contributed by atoms with Crippen molar-refractivity contribution < 1.29 is 28.8 Å². The number of hydrogen-bond acceptors (Lipinski definition) is 8. The van der Waals surface area contributed by atoms with Crippen molar-refractivity contribution in [3.05, 3.63) is 40.9 Å². The number of carbonyl (C=O) groups excluding carboxylic acids is 1. The molecule has 0 spiro atoms. The third-order valence-electron chi connectivity index (χ3n) is 7.57. The Labute approximate surface area is 225 Å². The van der Waals surface area contributed by atoms with Gasteiger partial charge in [-0.05, 0) is 50.2 Å². The van der Waals surface area contributed by atoms with Crippen LogP contribution in [0.5, 0.6) is 6.01 Å². The molecule has 6 rings (SSSR count). The van der Waals surface area contributed by atoms with Crippen LogP contribution in [0.4, 0.5) is 4.79 Å². The van der Waals surface area contributed by atoms with Crippen LogP contribution in [0.15, 0.2) is 30.3 Å². The number of amides is 1. The van der Waals surface area contributed by atoms with Gasteiger partial charge in [-0.1, -0.05) is 35.9 Å². The molecule has 0 unspecified atom stereocenters. The average molecular weight is 543 g/mol. The van der Waals surface area contributed by atoms with Crippen molar-refractivity contribution in [2.24, 2.45) is 0 Å². The number of aromatic nitrogens is 3. The highest BCUT2D eigenvalue weighted by Gasteiger charge is 2.48. The quantitative estimate of drug-likeness (QED) is 0.427. The average Bonchev–Trinajstić information content (AvgIpc) is 3.61. The molecule has 1 saturated carbocycles. The highest BCUT2D eigenvalue weighted by atomic mass is 35.5. The highest BCUT2D eigenvalue weighted by Crippen LogP contribution is 2.36. The van der Waals surface area contributed by atoms with Crippen LogP contribution < -0.4 is 10.1 Å². The minimum Gasteiger partial charge on any atom is -0.456 e. The maximum atomic E-state index is 11.7. The lowest BCUT2D eigenvalue weighted by molar-refractivity contribution is 0.00706. The fourth-order valence-electron chi connectivity index (χ4n) is 5.61. The van der Waals surface area contributed by atoms with Gasteiger partial charge in [-0.3, -0.25) is 4.98 Å². The van der Waals surface area contributed by atoms with Crippen LogP contribution in [0, 0.1) is 0 Å². The SMILES string of the molecule is CCNC(=O)O[C@H]1CC[C@H](c2ccc(-c3nc4[nH]c(O[C@@H]5CO[C@H]6[C@@H]5OC[C@H]6O)nc4cc3Cl)cc2)CC1. The standard InChI is InChI=1S/C27H31ClN4O6/c1-2-29-27(34)37-17-9-7-15(8-10-17)14-3-5-16(6-4-14)22-18(28)11-19-25(31-22)32-26(30-19)38-21-13-36-23-20(33)12-35-24(21)23/h3-6,11,15,17,20-21,23-24,33H,2,7-10,12-13H2,1H3,(H,29,34)(H,30,31,32)/t15-,17-,20-,21-,23-,24-/m1/s1. The molecule has 0 bridgehead atoms. The topological polar surface area (TPSA) is 128 Å². The molecule has 1 amide bonds.